The first-order valence-corrected chi connectivity index (χ1v) is 2.79. The van der Waals surface area contributed by atoms with Crippen LogP contribution in [0.4, 0.5) is 4.39 Å². The highest BCUT2D eigenvalue weighted by Gasteiger charge is 1.82. The summed E-state index contributed by atoms with van der Waals surface area (Å²) in [6.45, 7) is 1.09. The Morgan fingerprint density at radius 3 is 2.62 bits per heavy atom. The normalized spacial score (nSPS) is 9.75. The number of hydrogen-bond donors (Lipinski definition) is 2. The molecule has 0 saturated carbocycles. The van der Waals surface area contributed by atoms with Crippen LogP contribution in [0.1, 0.15) is 6.42 Å². The van der Waals surface area contributed by atoms with E-state index < -0.39 is 0 Å². The molecule has 0 aromatic carbocycles. The van der Waals surface area contributed by atoms with Gasteiger partial charge in [0.1, 0.15) is 0 Å². The van der Waals surface area contributed by atoms with Crippen molar-refractivity contribution < 1.29 is 9.50 Å². The maximum atomic E-state index is 11.3. The largest absolute Gasteiger partial charge is 0.395 e. The molecule has 0 aliphatic heterocycles. The van der Waals surface area contributed by atoms with Crippen LogP contribution in [-0.2, 0) is 0 Å². The molecule has 0 aliphatic rings. The van der Waals surface area contributed by atoms with E-state index >= 15 is 0 Å². The zero-order chi connectivity index (χ0) is 6.24. The Bertz CT molecular complexity index is 37.4. The van der Waals surface area contributed by atoms with E-state index in [2.05, 4.69) is 5.32 Å². The first kappa shape index (κ1) is 7.85. The maximum Gasteiger partial charge on any atom is 0.0906 e. The van der Waals surface area contributed by atoms with Crippen molar-refractivity contribution in [3.63, 3.8) is 0 Å². The van der Waals surface area contributed by atoms with Crippen LogP contribution >= 0.6 is 0 Å². The first-order valence-electron chi connectivity index (χ1n) is 2.79. The minimum absolute atomic E-state index is 0.131. The van der Waals surface area contributed by atoms with Crippen molar-refractivity contribution in [3.8, 4) is 0 Å². The fraction of sp³-hybridized carbons (Fsp3) is 1.00. The molecule has 2 nitrogen and oxygen atoms in total. The van der Waals surface area contributed by atoms with Gasteiger partial charge in [-0.15, -0.1) is 0 Å². The second kappa shape index (κ2) is 6.85. The van der Waals surface area contributed by atoms with E-state index in [1.807, 2.05) is 0 Å². The van der Waals surface area contributed by atoms with Gasteiger partial charge in [0.2, 0.25) is 0 Å². The van der Waals surface area contributed by atoms with E-state index in [1.54, 1.807) is 0 Å². The van der Waals surface area contributed by atoms with Crippen molar-refractivity contribution in [1.82, 2.24) is 5.32 Å². The van der Waals surface area contributed by atoms with Gasteiger partial charge in [0, 0.05) is 6.54 Å². The second-order valence-corrected chi connectivity index (χ2v) is 1.52. The standard InChI is InChI=1S/C5H12FNO/c6-2-1-3-7-4-5-8/h7-8H,1-5H2/i6-1. The van der Waals surface area contributed by atoms with Crippen molar-refractivity contribution >= 4 is 0 Å². The summed E-state index contributed by atoms with van der Waals surface area (Å²) in [5, 5.41) is 11.1. The zero-order valence-electron chi connectivity index (χ0n) is 4.86. The Hall–Kier alpha value is -0.150. The molecular formula is C5H12FNO. The van der Waals surface area contributed by atoms with Gasteiger partial charge in [-0.25, -0.2) is 0 Å². The van der Waals surface area contributed by atoms with E-state index in [-0.39, 0.29) is 13.3 Å². The smallest absolute Gasteiger partial charge is 0.0906 e. The molecule has 0 bridgehead atoms. The van der Waals surface area contributed by atoms with Crippen LogP contribution in [-0.4, -0.2) is 31.5 Å². The summed E-state index contributed by atoms with van der Waals surface area (Å²) in [6.07, 6.45) is 0.542. The average Bonchev–Trinajstić information content (AvgIpc) is 1.81. The fourth-order valence-electron chi connectivity index (χ4n) is 0.396. The molecule has 0 heterocycles. The molecule has 0 rings (SSSR count). The van der Waals surface area contributed by atoms with E-state index in [0.717, 1.165) is 0 Å². The highest BCUT2D eigenvalue weighted by molar-refractivity contribution is 4.43. The van der Waals surface area contributed by atoms with Crippen LogP contribution in [0, 0.1) is 0 Å². The molecule has 0 aliphatic carbocycles. The summed E-state index contributed by atoms with van der Waals surface area (Å²) in [7, 11) is 0. The van der Waals surface area contributed by atoms with E-state index in [1.165, 1.54) is 0 Å². The zero-order valence-corrected chi connectivity index (χ0v) is 4.86. The minimum atomic E-state index is -0.279. The van der Waals surface area contributed by atoms with Gasteiger partial charge < -0.3 is 10.4 Å². The topological polar surface area (TPSA) is 32.3 Å². The molecular weight excluding hydrogens is 108 g/mol. The highest BCUT2D eigenvalue weighted by atomic mass is 18.2. The number of halogens is 1. The number of nitrogens with one attached hydrogen (secondary N) is 1. The van der Waals surface area contributed by atoms with Crippen LogP contribution in [0.2, 0.25) is 0 Å². The fourth-order valence-corrected chi connectivity index (χ4v) is 0.396. The number of hydrogen-bond acceptors (Lipinski definition) is 2. The summed E-state index contributed by atoms with van der Waals surface area (Å²) in [4.78, 5) is 0. The summed E-state index contributed by atoms with van der Waals surface area (Å²) in [6, 6.07) is 0. The molecule has 8 heavy (non-hydrogen) atoms. The number of alkyl halides is 1. The Kier molecular flexibility index (Phi) is 6.72. The van der Waals surface area contributed by atoms with Crippen LogP contribution in [0.3, 0.4) is 0 Å². The molecule has 2 N–H and O–H groups in total. The highest BCUT2D eigenvalue weighted by Crippen LogP contribution is 1.74. The minimum Gasteiger partial charge on any atom is -0.395 e. The van der Waals surface area contributed by atoms with Gasteiger partial charge in [-0.1, -0.05) is 0 Å². The van der Waals surface area contributed by atoms with Crippen LogP contribution in [0.25, 0.3) is 0 Å². The van der Waals surface area contributed by atoms with Crippen LogP contribution < -0.4 is 5.32 Å². The molecule has 50 valence electrons. The summed E-state index contributed by atoms with van der Waals surface area (Å²) in [5.74, 6) is 0. The van der Waals surface area contributed by atoms with Crippen molar-refractivity contribution in [3.05, 3.63) is 0 Å². The van der Waals surface area contributed by atoms with Gasteiger partial charge >= 0.3 is 0 Å². The first-order chi connectivity index (χ1) is 3.91. The number of aliphatic hydroxyl groups is 1. The van der Waals surface area contributed by atoms with E-state index in [0.29, 0.717) is 19.5 Å². The maximum absolute atomic E-state index is 11.3. The SMILES string of the molecule is OCCNCCC[18F]. The third-order valence-corrected chi connectivity index (χ3v) is 0.776. The summed E-state index contributed by atoms with van der Waals surface area (Å²) < 4.78 is 11.3. The number of rotatable bonds is 5. The molecule has 0 radical (unpaired) electrons. The molecule has 0 atom stereocenters. The lowest BCUT2D eigenvalue weighted by atomic mass is 10.4. The van der Waals surface area contributed by atoms with Gasteiger partial charge in [0.25, 0.3) is 0 Å². The lowest BCUT2D eigenvalue weighted by molar-refractivity contribution is 0.291. The van der Waals surface area contributed by atoms with Gasteiger partial charge in [0.05, 0.1) is 13.3 Å². The van der Waals surface area contributed by atoms with Gasteiger partial charge in [0.15, 0.2) is 0 Å². The summed E-state index contributed by atoms with van der Waals surface area (Å²) in [5.41, 5.74) is 0. The average molecular weight is 120 g/mol. The molecule has 0 aromatic rings. The van der Waals surface area contributed by atoms with Gasteiger partial charge in [-0.05, 0) is 13.0 Å². The molecule has 0 unspecified atom stereocenters. The molecule has 0 spiro atoms. The molecule has 0 fully saturated rings. The number of aliphatic hydroxyl groups excluding tert-OH is 1. The third kappa shape index (κ3) is 5.85. The predicted octanol–water partition coefficient (Wildman–Crippen LogP) is -0.0721. The molecule has 3 heteroatoms. The van der Waals surface area contributed by atoms with Gasteiger partial charge in [-0.3, -0.25) is 4.39 Å². The van der Waals surface area contributed by atoms with E-state index in [4.69, 9.17) is 5.11 Å². The second-order valence-electron chi connectivity index (χ2n) is 1.52. The Balaban J connectivity index is 2.53. The van der Waals surface area contributed by atoms with Crippen LogP contribution in [0.5, 0.6) is 0 Å². The Morgan fingerprint density at radius 1 is 1.38 bits per heavy atom. The monoisotopic (exact) mass is 120 g/mol. The van der Waals surface area contributed by atoms with Crippen LogP contribution in [0.15, 0.2) is 0 Å². The molecule has 0 saturated heterocycles. The van der Waals surface area contributed by atoms with Crippen molar-refractivity contribution in [2.24, 2.45) is 0 Å². The summed E-state index contributed by atoms with van der Waals surface area (Å²) >= 11 is 0. The Morgan fingerprint density at radius 2 is 2.12 bits per heavy atom. The Labute approximate surface area is 48.7 Å². The lowest BCUT2D eigenvalue weighted by Gasteiger charge is -1.96. The van der Waals surface area contributed by atoms with Gasteiger partial charge in [-0.2, -0.15) is 0 Å². The predicted molar refractivity (Wildman–Crippen MR) is 30.5 cm³/mol. The molecule has 0 aromatic heterocycles. The molecule has 0 amide bonds. The third-order valence-electron chi connectivity index (χ3n) is 0.776. The quantitative estimate of drug-likeness (QED) is 0.498. The van der Waals surface area contributed by atoms with E-state index in [9.17, 15) is 4.39 Å². The van der Waals surface area contributed by atoms with Crippen molar-refractivity contribution in [2.75, 3.05) is 26.4 Å². The lowest BCUT2D eigenvalue weighted by Crippen LogP contribution is -2.19. The van der Waals surface area contributed by atoms with Crippen molar-refractivity contribution in [1.29, 1.82) is 0 Å². The van der Waals surface area contributed by atoms with Crippen molar-refractivity contribution in [2.45, 2.75) is 6.42 Å².